The third kappa shape index (κ3) is 5.07. The number of benzene rings is 2. The Morgan fingerprint density at radius 2 is 1.92 bits per heavy atom. The number of nitrogens with two attached hydrogens (primary N) is 1. The highest BCUT2D eigenvalue weighted by atomic mass is 16.5. The number of nitrogens with zero attached hydrogens (tertiary/aromatic N) is 1. The largest absolute Gasteiger partial charge is 0.507 e. The highest BCUT2D eigenvalue weighted by Crippen LogP contribution is 2.27. The first-order valence-electron chi connectivity index (χ1n) is 8.50. The van der Waals surface area contributed by atoms with Crippen LogP contribution in [0.5, 0.6) is 11.5 Å². The molecule has 0 aliphatic carbocycles. The smallest absolute Gasteiger partial charge is 0.328 e. The fraction of sp³-hybridized carbons (Fsp3) is 0.300. The first-order valence-corrected chi connectivity index (χ1v) is 8.50. The molecule has 26 heavy (non-hydrogen) atoms. The Hall–Kier alpha value is -2.86. The SMILES string of the molecule is COc1ccc(C(=NC(CCCCN)C(=O)O)c2ccccc2)c(O)c1. The molecule has 1 unspecified atom stereocenters. The molecule has 0 spiro atoms. The molecule has 0 aliphatic heterocycles. The molecule has 0 heterocycles. The van der Waals surface area contributed by atoms with Crippen LogP contribution >= 0.6 is 0 Å². The maximum atomic E-state index is 11.7. The molecule has 138 valence electrons. The summed E-state index contributed by atoms with van der Waals surface area (Å²) in [6.45, 7) is 0.515. The Morgan fingerprint density at radius 1 is 1.19 bits per heavy atom. The predicted molar refractivity (Wildman–Crippen MR) is 101 cm³/mol. The van der Waals surface area contributed by atoms with Crippen molar-refractivity contribution < 1.29 is 19.7 Å². The van der Waals surface area contributed by atoms with E-state index < -0.39 is 12.0 Å². The number of carboxylic acid groups (broad SMARTS) is 1. The summed E-state index contributed by atoms with van der Waals surface area (Å²) in [5, 5.41) is 19.9. The Balaban J connectivity index is 2.48. The Kier molecular flexibility index (Phi) is 7.17. The van der Waals surface area contributed by atoms with Gasteiger partial charge in [-0.05, 0) is 37.9 Å². The number of aliphatic imine (C=N–C) groups is 1. The van der Waals surface area contributed by atoms with Crippen LogP contribution in [0.3, 0.4) is 0 Å². The fourth-order valence-corrected chi connectivity index (χ4v) is 2.62. The lowest BCUT2D eigenvalue weighted by Crippen LogP contribution is -2.21. The molecule has 0 saturated carbocycles. The number of carboxylic acids is 1. The van der Waals surface area contributed by atoms with Crippen molar-refractivity contribution in [3.05, 3.63) is 59.7 Å². The number of aliphatic carboxylic acids is 1. The average molecular weight is 356 g/mol. The van der Waals surface area contributed by atoms with Crippen LogP contribution in [0, 0.1) is 0 Å². The summed E-state index contributed by atoms with van der Waals surface area (Å²) in [7, 11) is 1.51. The highest BCUT2D eigenvalue weighted by molar-refractivity contribution is 6.15. The maximum absolute atomic E-state index is 11.7. The van der Waals surface area contributed by atoms with Crippen molar-refractivity contribution in [1.29, 1.82) is 0 Å². The molecule has 0 aliphatic rings. The first kappa shape index (κ1) is 19.5. The molecule has 0 fully saturated rings. The van der Waals surface area contributed by atoms with Gasteiger partial charge in [0, 0.05) is 17.2 Å². The lowest BCUT2D eigenvalue weighted by Gasteiger charge is -2.14. The second-order valence-corrected chi connectivity index (χ2v) is 5.87. The average Bonchev–Trinajstić information content (AvgIpc) is 2.65. The van der Waals surface area contributed by atoms with Crippen molar-refractivity contribution in [2.45, 2.75) is 25.3 Å². The minimum Gasteiger partial charge on any atom is -0.507 e. The van der Waals surface area contributed by atoms with Crippen LogP contribution in [0.1, 0.15) is 30.4 Å². The third-order valence-corrected chi connectivity index (χ3v) is 4.01. The molecular formula is C20H24N2O4. The molecule has 2 aromatic rings. The lowest BCUT2D eigenvalue weighted by atomic mass is 10.00. The standard InChI is InChI=1S/C20H24N2O4/c1-26-15-10-11-16(18(23)13-15)19(14-7-3-2-4-8-14)22-17(20(24)25)9-5-6-12-21/h2-4,7-8,10-11,13,17,23H,5-6,9,12,21H2,1H3,(H,24,25). The summed E-state index contributed by atoms with van der Waals surface area (Å²) >= 11 is 0. The first-order chi connectivity index (χ1) is 12.6. The minimum atomic E-state index is -0.997. The van der Waals surface area contributed by atoms with Gasteiger partial charge in [0.2, 0.25) is 0 Å². The summed E-state index contributed by atoms with van der Waals surface area (Å²) in [5.74, 6) is -0.502. The van der Waals surface area contributed by atoms with Crippen molar-refractivity contribution in [2.24, 2.45) is 10.7 Å². The van der Waals surface area contributed by atoms with Crippen LogP contribution in [-0.4, -0.2) is 41.6 Å². The van der Waals surface area contributed by atoms with Gasteiger partial charge in [0.05, 0.1) is 12.8 Å². The summed E-state index contributed by atoms with van der Waals surface area (Å²) in [6.07, 6.45) is 1.81. The third-order valence-electron chi connectivity index (χ3n) is 4.01. The molecule has 4 N–H and O–H groups in total. The number of carbonyl (C=O) groups is 1. The van der Waals surface area contributed by atoms with Crippen LogP contribution in [-0.2, 0) is 4.79 Å². The quantitative estimate of drug-likeness (QED) is 0.473. The van der Waals surface area contributed by atoms with Crippen LogP contribution in [0.25, 0.3) is 0 Å². The normalized spacial score (nSPS) is 12.6. The molecule has 0 radical (unpaired) electrons. The topological polar surface area (TPSA) is 105 Å². The number of ether oxygens (including phenoxy) is 1. The van der Waals surface area contributed by atoms with Crippen LogP contribution in [0.15, 0.2) is 53.5 Å². The van der Waals surface area contributed by atoms with Crippen molar-refractivity contribution >= 4 is 11.7 Å². The molecule has 0 amide bonds. The monoisotopic (exact) mass is 356 g/mol. The number of phenolic OH excluding ortho intramolecular Hbond substituents is 1. The van der Waals surface area contributed by atoms with E-state index in [1.165, 1.54) is 13.2 Å². The van der Waals surface area contributed by atoms with E-state index >= 15 is 0 Å². The van der Waals surface area contributed by atoms with E-state index in [1.54, 1.807) is 12.1 Å². The number of unbranched alkanes of at least 4 members (excludes halogenated alkanes) is 1. The van der Waals surface area contributed by atoms with E-state index in [1.807, 2.05) is 30.3 Å². The number of aromatic hydroxyl groups is 1. The zero-order valence-electron chi connectivity index (χ0n) is 14.8. The molecule has 1 atom stereocenters. The van der Waals surface area contributed by atoms with Gasteiger partial charge in [0.25, 0.3) is 0 Å². The predicted octanol–water partition coefficient (Wildman–Crippen LogP) is 2.82. The van der Waals surface area contributed by atoms with E-state index in [0.29, 0.717) is 36.4 Å². The lowest BCUT2D eigenvalue weighted by molar-refractivity contribution is -0.138. The van der Waals surface area contributed by atoms with Crippen molar-refractivity contribution in [1.82, 2.24) is 0 Å². The van der Waals surface area contributed by atoms with E-state index in [2.05, 4.69) is 4.99 Å². The number of hydrogen-bond donors (Lipinski definition) is 3. The summed E-state index contributed by atoms with van der Waals surface area (Å²) in [6, 6.07) is 13.2. The van der Waals surface area contributed by atoms with E-state index in [-0.39, 0.29) is 5.75 Å². The Bertz CT molecular complexity index is 760. The maximum Gasteiger partial charge on any atom is 0.328 e. The number of methoxy groups -OCH3 is 1. The highest BCUT2D eigenvalue weighted by Gasteiger charge is 2.20. The van der Waals surface area contributed by atoms with Gasteiger partial charge in [0.15, 0.2) is 0 Å². The van der Waals surface area contributed by atoms with Gasteiger partial charge in [-0.1, -0.05) is 30.3 Å². The Morgan fingerprint density at radius 3 is 2.50 bits per heavy atom. The van der Waals surface area contributed by atoms with Gasteiger partial charge in [-0.15, -0.1) is 0 Å². The number of phenols is 1. The van der Waals surface area contributed by atoms with E-state index in [9.17, 15) is 15.0 Å². The summed E-state index contributed by atoms with van der Waals surface area (Å²) in [5.41, 5.74) is 7.12. The molecular weight excluding hydrogens is 332 g/mol. The van der Waals surface area contributed by atoms with Crippen molar-refractivity contribution in [3.63, 3.8) is 0 Å². The molecule has 6 heteroatoms. The van der Waals surface area contributed by atoms with E-state index in [4.69, 9.17) is 10.5 Å². The van der Waals surface area contributed by atoms with Crippen LogP contribution in [0.4, 0.5) is 0 Å². The van der Waals surface area contributed by atoms with Crippen molar-refractivity contribution in [3.8, 4) is 11.5 Å². The Labute approximate surface area is 153 Å². The zero-order chi connectivity index (χ0) is 18.9. The fourth-order valence-electron chi connectivity index (χ4n) is 2.62. The summed E-state index contributed by atoms with van der Waals surface area (Å²) < 4.78 is 5.11. The van der Waals surface area contributed by atoms with Gasteiger partial charge in [-0.3, -0.25) is 4.99 Å². The molecule has 0 saturated heterocycles. The van der Waals surface area contributed by atoms with Gasteiger partial charge in [-0.25, -0.2) is 4.79 Å². The van der Waals surface area contributed by atoms with E-state index in [0.717, 1.165) is 12.0 Å². The van der Waals surface area contributed by atoms with Crippen LogP contribution in [0.2, 0.25) is 0 Å². The van der Waals surface area contributed by atoms with Crippen LogP contribution < -0.4 is 10.5 Å². The second-order valence-electron chi connectivity index (χ2n) is 5.87. The molecule has 0 bridgehead atoms. The zero-order valence-corrected chi connectivity index (χ0v) is 14.8. The second kappa shape index (κ2) is 9.58. The van der Waals surface area contributed by atoms with Crippen molar-refractivity contribution in [2.75, 3.05) is 13.7 Å². The number of rotatable bonds is 9. The summed E-state index contributed by atoms with van der Waals surface area (Å²) in [4.78, 5) is 16.1. The molecule has 0 aromatic heterocycles. The van der Waals surface area contributed by atoms with Gasteiger partial charge in [0.1, 0.15) is 17.5 Å². The molecule has 6 nitrogen and oxygen atoms in total. The van der Waals surface area contributed by atoms with Gasteiger partial charge >= 0.3 is 5.97 Å². The molecule has 2 rings (SSSR count). The minimum absolute atomic E-state index is 0.0157. The number of hydrogen-bond acceptors (Lipinski definition) is 5. The molecule has 2 aromatic carbocycles. The van der Waals surface area contributed by atoms with Gasteiger partial charge in [-0.2, -0.15) is 0 Å². The van der Waals surface area contributed by atoms with Gasteiger partial charge < -0.3 is 20.7 Å².